The van der Waals surface area contributed by atoms with E-state index in [2.05, 4.69) is 0 Å². The fourth-order valence-electron chi connectivity index (χ4n) is 2.94. The molecule has 2 saturated carbocycles. The van der Waals surface area contributed by atoms with Crippen molar-refractivity contribution in [1.82, 2.24) is 0 Å². The monoisotopic (exact) mass is 206 g/mol. The van der Waals surface area contributed by atoms with Gasteiger partial charge in [0.2, 0.25) is 0 Å². The minimum Gasteiger partial charge on any atom is -0.195 e. The smallest absolute Gasteiger partial charge is 0.195 e. The van der Waals surface area contributed by atoms with Gasteiger partial charge in [-0.05, 0) is 31.1 Å². The maximum atomic E-state index is 12.8. The zero-order chi connectivity index (χ0) is 9.53. The quantitative estimate of drug-likeness (QED) is 0.617. The van der Waals surface area contributed by atoms with Crippen LogP contribution in [0.15, 0.2) is 0 Å². The van der Waals surface area contributed by atoms with Crippen LogP contribution in [0, 0.1) is 5.41 Å². The molecule has 2 fully saturated rings. The van der Waals surface area contributed by atoms with Crippen molar-refractivity contribution in [3.8, 4) is 0 Å². The van der Waals surface area contributed by atoms with Gasteiger partial charge in [0, 0.05) is 0 Å². The number of halogens is 1. The third-order valence-electron chi connectivity index (χ3n) is 3.78. The lowest BCUT2D eigenvalue weighted by Gasteiger charge is -2.49. The van der Waals surface area contributed by atoms with E-state index in [1.54, 1.807) is 0 Å². The highest BCUT2D eigenvalue weighted by atomic mass is 32.3. The topological polar surface area (TPSA) is 34.1 Å². The SMILES string of the molecule is O=S(=O)(F)C1CCC12CCCCC2. The normalized spacial score (nSPS) is 32.8. The Hall–Kier alpha value is -0.120. The molecule has 1 spiro atoms. The Labute approximate surface area is 78.7 Å². The standard InChI is InChI=1S/C9H15FO2S/c10-13(11,12)8-4-7-9(8)5-2-1-3-6-9/h8H,1-7H2. The first-order valence-electron chi connectivity index (χ1n) is 4.98. The summed E-state index contributed by atoms with van der Waals surface area (Å²) in [7, 11) is -4.27. The maximum Gasteiger partial charge on any atom is 0.305 e. The average Bonchev–Trinajstić information content (AvgIpc) is 2.01. The second-order valence-corrected chi connectivity index (χ2v) is 5.95. The van der Waals surface area contributed by atoms with E-state index in [0.29, 0.717) is 6.42 Å². The van der Waals surface area contributed by atoms with Crippen LogP contribution in [0.2, 0.25) is 0 Å². The molecule has 13 heavy (non-hydrogen) atoms. The van der Waals surface area contributed by atoms with Crippen molar-refractivity contribution >= 4 is 10.2 Å². The van der Waals surface area contributed by atoms with Crippen LogP contribution < -0.4 is 0 Å². The fourth-order valence-corrected chi connectivity index (χ4v) is 4.29. The molecule has 0 amide bonds. The predicted molar refractivity (Wildman–Crippen MR) is 48.6 cm³/mol. The molecule has 0 aromatic rings. The van der Waals surface area contributed by atoms with E-state index < -0.39 is 15.5 Å². The Morgan fingerprint density at radius 3 is 2.08 bits per heavy atom. The van der Waals surface area contributed by atoms with Crippen molar-refractivity contribution in [3.63, 3.8) is 0 Å². The lowest BCUT2D eigenvalue weighted by atomic mass is 9.60. The van der Waals surface area contributed by atoms with Gasteiger partial charge in [0.25, 0.3) is 0 Å². The summed E-state index contributed by atoms with van der Waals surface area (Å²) >= 11 is 0. The van der Waals surface area contributed by atoms with Crippen molar-refractivity contribution in [1.29, 1.82) is 0 Å². The molecule has 0 bridgehead atoms. The van der Waals surface area contributed by atoms with E-state index in [0.717, 1.165) is 32.1 Å². The molecule has 0 radical (unpaired) electrons. The van der Waals surface area contributed by atoms with E-state index in [4.69, 9.17) is 0 Å². The first-order valence-corrected chi connectivity index (χ1v) is 6.43. The van der Waals surface area contributed by atoms with Gasteiger partial charge in [-0.3, -0.25) is 0 Å². The van der Waals surface area contributed by atoms with Gasteiger partial charge >= 0.3 is 10.2 Å². The zero-order valence-corrected chi connectivity index (χ0v) is 8.45. The third-order valence-corrected chi connectivity index (χ3v) is 5.19. The van der Waals surface area contributed by atoms with Crippen LogP contribution in [-0.2, 0) is 10.2 Å². The van der Waals surface area contributed by atoms with Gasteiger partial charge in [-0.1, -0.05) is 19.3 Å². The molecule has 4 heteroatoms. The van der Waals surface area contributed by atoms with Gasteiger partial charge in [-0.25, -0.2) is 0 Å². The van der Waals surface area contributed by atoms with Crippen LogP contribution in [0.25, 0.3) is 0 Å². The molecular weight excluding hydrogens is 191 g/mol. The van der Waals surface area contributed by atoms with Crippen molar-refractivity contribution in [2.45, 2.75) is 50.2 Å². The Morgan fingerprint density at radius 1 is 1.08 bits per heavy atom. The molecule has 0 heterocycles. The van der Waals surface area contributed by atoms with Crippen molar-refractivity contribution < 1.29 is 12.3 Å². The highest BCUT2D eigenvalue weighted by Crippen LogP contribution is 2.54. The summed E-state index contributed by atoms with van der Waals surface area (Å²) in [5, 5.41) is -0.666. The largest absolute Gasteiger partial charge is 0.305 e. The first-order chi connectivity index (χ1) is 6.05. The number of hydrogen-bond donors (Lipinski definition) is 0. The van der Waals surface area contributed by atoms with Gasteiger partial charge in [0.1, 0.15) is 0 Å². The fraction of sp³-hybridized carbons (Fsp3) is 1.00. The zero-order valence-electron chi connectivity index (χ0n) is 7.63. The van der Waals surface area contributed by atoms with Crippen molar-refractivity contribution in [2.75, 3.05) is 0 Å². The second kappa shape index (κ2) is 2.94. The molecule has 2 aliphatic rings. The summed E-state index contributed by atoms with van der Waals surface area (Å²) in [6.45, 7) is 0. The minimum absolute atomic E-state index is 0.161. The van der Waals surface area contributed by atoms with Crippen LogP contribution >= 0.6 is 0 Å². The summed E-state index contributed by atoms with van der Waals surface area (Å²) in [6, 6.07) is 0. The van der Waals surface area contributed by atoms with E-state index in [1.807, 2.05) is 0 Å². The Morgan fingerprint density at radius 2 is 1.69 bits per heavy atom. The average molecular weight is 206 g/mol. The summed E-state index contributed by atoms with van der Waals surface area (Å²) < 4.78 is 34.5. The molecule has 1 unspecified atom stereocenters. The lowest BCUT2D eigenvalue weighted by Crippen LogP contribution is -2.49. The van der Waals surface area contributed by atoms with Gasteiger partial charge in [-0.15, -0.1) is 3.89 Å². The van der Waals surface area contributed by atoms with Crippen molar-refractivity contribution in [3.05, 3.63) is 0 Å². The van der Waals surface area contributed by atoms with Gasteiger partial charge in [-0.2, -0.15) is 8.42 Å². The molecule has 0 saturated heterocycles. The Kier molecular flexibility index (Phi) is 2.13. The van der Waals surface area contributed by atoms with Crippen LogP contribution in [0.3, 0.4) is 0 Å². The highest BCUT2D eigenvalue weighted by molar-refractivity contribution is 7.87. The van der Waals surface area contributed by atoms with E-state index in [9.17, 15) is 12.3 Å². The summed E-state index contributed by atoms with van der Waals surface area (Å²) in [5.74, 6) is 0. The number of hydrogen-bond acceptors (Lipinski definition) is 2. The lowest BCUT2D eigenvalue weighted by molar-refractivity contribution is 0.0806. The van der Waals surface area contributed by atoms with Gasteiger partial charge in [0.15, 0.2) is 0 Å². The maximum absolute atomic E-state index is 12.8. The highest BCUT2D eigenvalue weighted by Gasteiger charge is 2.53. The molecule has 2 rings (SSSR count). The third kappa shape index (κ3) is 1.49. The van der Waals surface area contributed by atoms with Crippen LogP contribution in [0.4, 0.5) is 3.89 Å². The molecule has 2 nitrogen and oxygen atoms in total. The van der Waals surface area contributed by atoms with Crippen LogP contribution in [0.5, 0.6) is 0 Å². The summed E-state index contributed by atoms with van der Waals surface area (Å²) in [4.78, 5) is 0. The Balaban J connectivity index is 2.16. The number of rotatable bonds is 1. The van der Waals surface area contributed by atoms with E-state index >= 15 is 0 Å². The molecule has 1 atom stereocenters. The van der Waals surface area contributed by atoms with Gasteiger partial charge < -0.3 is 0 Å². The second-order valence-electron chi connectivity index (χ2n) is 4.43. The summed E-state index contributed by atoms with van der Waals surface area (Å²) in [5.41, 5.74) is -0.161. The molecule has 0 N–H and O–H groups in total. The van der Waals surface area contributed by atoms with E-state index in [-0.39, 0.29) is 5.41 Å². The molecule has 0 aromatic carbocycles. The Bertz CT molecular complexity index is 291. The predicted octanol–water partition coefficient (Wildman–Crippen LogP) is 2.40. The molecule has 0 aromatic heterocycles. The molecular formula is C9H15FO2S. The van der Waals surface area contributed by atoms with Crippen LogP contribution in [0.1, 0.15) is 44.9 Å². The molecule has 0 aliphatic heterocycles. The summed E-state index contributed by atoms with van der Waals surface area (Å²) in [6.07, 6.45) is 6.63. The minimum atomic E-state index is -4.27. The molecule has 76 valence electrons. The van der Waals surface area contributed by atoms with Crippen LogP contribution in [-0.4, -0.2) is 13.7 Å². The van der Waals surface area contributed by atoms with Crippen molar-refractivity contribution in [2.24, 2.45) is 5.41 Å². The molecule has 2 aliphatic carbocycles. The van der Waals surface area contributed by atoms with E-state index in [1.165, 1.54) is 6.42 Å². The first kappa shape index (κ1) is 9.44. The van der Waals surface area contributed by atoms with Gasteiger partial charge in [0.05, 0.1) is 5.25 Å².